The van der Waals surface area contributed by atoms with Gasteiger partial charge in [-0.05, 0) is 33.6 Å². The first-order chi connectivity index (χ1) is 8.05. The van der Waals surface area contributed by atoms with Crippen LogP contribution in [0.25, 0.3) is 0 Å². The van der Waals surface area contributed by atoms with Gasteiger partial charge in [-0.3, -0.25) is 0 Å². The second-order valence-corrected chi connectivity index (χ2v) is 6.63. The Morgan fingerprint density at radius 1 is 1.28 bits per heavy atom. The van der Waals surface area contributed by atoms with E-state index in [2.05, 4.69) is 0 Å². The molecule has 2 aliphatic rings. The summed E-state index contributed by atoms with van der Waals surface area (Å²) in [6, 6.07) is 0. The number of nitrogens with zero attached hydrogens (tertiary/aromatic N) is 1. The molecule has 2 N–H and O–H groups in total. The number of likely N-dealkylation sites (tertiary alicyclic amines) is 1. The van der Waals surface area contributed by atoms with Crippen LogP contribution in [0.4, 0.5) is 4.79 Å². The van der Waals surface area contributed by atoms with Crippen LogP contribution in [0.3, 0.4) is 0 Å². The van der Waals surface area contributed by atoms with Crippen LogP contribution < -0.4 is 10.8 Å². The van der Waals surface area contributed by atoms with Gasteiger partial charge in [-0.2, -0.15) is 0 Å². The number of carbonyl (C=O) groups is 2. The Bertz CT molecular complexity index is 385. The van der Waals surface area contributed by atoms with Gasteiger partial charge in [-0.1, -0.05) is 0 Å². The number of carbonyl (C=O) groups excluding carboxylic acids is 2. The van der Waals surface area contributed by atoms with Crippen LogP contribution in [0, 0.1) is 5.41 Å². The Hall–Kier alpha value is -1.30. The first-order valence-electron chi connectivity index (χ1n) is 6.04. The predicted octanol–water partition coefficient (Wildman–Crippen LogP) is -0.535. The number of nitrogens with two attached hydrogens (primary N) is 1. The molecule has 0 aromatic heterocycles. The van der Waals surface area contributed by atoms with Gasteiger partial charge in [-0.25, -0.2) is 4.79 Å². The van der Waals surface area contributed by atoms with Crippen molar-refractivity contribution >= 4 is 12.1 Å². The molecule has 18 heavy (non-hydrogen) atoms. The third kappa shape index (κ3) is 2.16. The topological polar surface area (TPSA) is 95.7 Å². The summed E-state index contributed by atoms with van der Waals surface area (Å²) in [6.45, 7) is 6.47. The van der Waals surface area contributed by atoms with Gasteiger partial charge < -0.3 is 25.3 Å². The van der Waals surface area contributed by atoms with Gasteiger partial charge in [0.15, 0.2) is 0 Å². The molecule has 0 bridgehead atoms. The second kappa shape index (κ2) is 3.60. The van der Waals surface area contributed by atoms with Crippen LogP contribution in [0.1, 0.15) is 33.6 Å². The average molecular weight is 255 g/mol. The van der Waals surface area contributed by atoms with E-state index in [0.717, 1.165) is 0 Å². The number of aliphatic carboxylic acids is 1. The smallest absolute Gasteiger partial charge is 0.410 e. The molecule has 6 heteroatoms. The van der Waals surface area contributed by atoms with Crippen molar-refractivity contribution in [2.45, 2.75) is 44.8 Å². The van der Waals surface area contributed by atoms with Crippen LogP contribution >= 0.6 is 0 Å². The Morgan fingerprint density at radius 3 is 2.17 bits per heavy atom. The molecule has 2 rings (SSSR count). The highest BCUT2D eigenvalue weighted by atomic mass is 16.6. The third-order valence-corrected chi connectivity index (χ3v) is 3.49. The first kappa shape index (κ1) is 13.1. The molecule has 1 saturated carbocycles. The molecule has 0 aromatic carbocycles. The largest absolute Gasteiger partial charge is 0.548 e. The van der Waals surface area contributed by atoms with E-state index in [4.69, 9.17) is 10.5 Å². The zero-order valence-electron chi connectivity index (χ0n) is 11.0. The van der Waals surface area contributed by atoms with E-state index in [0.29, 0.717) is 25.9 Å². The Labute approximate surface area is 106 Å². The van der Waals surface area contributed by atoms with Gasteiger partial charge in [0.25, 0.3) is 0 Å². The minimum absolute atomic E-state index is 0.133. The Kier molecular flexibility index (Phi) is 2.63. The number of carboxylic acids is 1. The minimum Gasteiger partial charge on any atom is -0.548 e. The van der Waals surface area contributed by atoms with Crippen LogP contribution in [-0.2, 0) is 9.53 Å². The third-order valence-electron chi connectivity index (χ3n) is 3.49. The highest BCUT2D eigenvalue weighted by Gasteiger charge is 2.60. The predicted molar refractivity (Wildman–Crippen MR) is 61.4 cm³/mol. The molecule has 0 unspecified atom stereocenters. The molecule has 1 aliphatic carbocycles. The molecule has 1 spiro atoms. The second-order valence-electron chi connectivity index (χ2n) is 6.63. The van der Waals surface area contributed by atoms with E-state index in [-0.39, 0.29) is 11.5 Å². The highest BCUT2D eigenvalue weighted by molar-refractivity contribution is 5.79. The molecular formula is C12H19N2O4-. The summed E-state index contributed by atoms with van der Waals surface area (Å²) >= 11 is 0. The Morgan fingerprint density at radius 2 is 1.78 bits per heavy atom. The SMILES string of the molecule is CC(C)(C)OC(=O)N1CC2(C1)CC(N)(C(=O)[O-])C2. The minimum atomic E-state index is -1.21. The molecule has 2 fully saturated rings. The Balaban J connectivity index is 1.82. The van der Waals surface area contributed by atoms with Crippen molar-refractivity contribution < 1.29 is 19.4 Å². The molecule has 0 atom stereocenters. The van der Waals surface area contributed by atoms with Crippen molar-refractivity contribution in [3.05, 3.63) is 0 Å². The molecule has 102 valence electrons. The molecular weight excluding hydrogens is 236 g/mol. The van der Waals surface area contributed by atoms with Crippen LogP contribution in [-0.4, -0.2) is 41.2 Å². The van der Waals surface area contributed by atoms with Crippen LogP contribution in [0.5, 0.6) is 0 Å². The molecule has 1 heterocycles. The van der Waals surface area contributed by atoms with E-state index >= 15 is 0 Å². The van der Waals surface area contributed by atoms with Crippen molar-refractivity contribution in [1.29, 1.82) is 0 Å². The van der Waals surface area contributed by atoms with Crippen molar-refractivity contribution in [2.75, 3.05) is 13.1 Å². The maximum Gasteiger partial charge on any atom is 0.410 e. The summed E-state index contributed by atoms with van der Waals surface area (Å²) in [5, 5.41) is 10.8. The van der Waals surface area contributed by atoms with Gasteiger partial charge in [0.05, 0.1) is 11.5 Å². The van der Waals surface area contributed by atoms with Crippen molar-refractivity contribution in [2.24, 2.45) is 11.1 Å². The number of carboxylic acid groups (broad SMARTS) is 1. The van der Waals surface area contributed by atoms with Crippen LogP contribution in [0.15, 0.2) is 0 Å². The quantitative estimate of drug-likeness (QED) is 0.679. The van der Waals surface area contributed by atoms with E-state index in [1.54, 1.807) is 4.90 Å². The summed E-state index contributed by atoms with van der Waals surface area (Å²) in [5.41, 5.74) is 3.80. The molecule has 1 aliphatic heterocycles. The van der Waals surface area contributed by atoms with Crippen molar-refractivity contribution in [1.82, 2.24) is 4.90 Å². The summed E-state index contributed by atoms with van der Waals surface area (Å²) in [5.74, 6) is -1.20. The maximum absolute atomic E-state index is 11.7. The summed E-state index contributed by atoms with van der Waals surface area (Å²) < 4.78 is 5.23. The lowest BCUT2D eigenvalue weighted by molar-refractivity contribution is -0.321. The van der Waals surface area contributed by atoms with E-state index in [1.807, 2.05) is 20.8 Å². The lowest BCUT2D eigenvalue weighted by Crippen LogP contribution is -2.75. The molecule has 0 aromatic rings. The summed E-state index contributed by atoms with van der Waals surface area (Å²) in [4.78, 5) is 24.1. The van der Waals surface area contributed by atoms with Gasteiger partial charge >= 0.3 is 6.09 Å². The van der Waals surface area contributed by atoms with E-state index in [9.17, 15) is 14.7 Å². The number of hydrogen-bond acceptors (Lipinski definition) is 5. The normalized spacial score (nSPS) is 24.1. The zero-order chi connectivity index (χ0) is 13.8. The molecule has 0 radical (unpaired) electrons. The number of hydrogen-bond donors (Lipinski definition) is 1. The molecule has 1 saturated heterocycles. The lowest BCUT2D eigenvalue weighted by Gasteiger charge is -2.62. The highest BCUT2D eigenvalue weighted by Crippen LogP contribution is 2.52. The van der Waals surface area contributed by atoms with Crippen LogP contribution in [0.2, 0.25) is 0 Å². The maximum atomic E-state index is 11.7. The average Bonchev–Trinajstić information content (AvgIpc) is 2.04. The van der Waals surface area contributed by atoms with Crippen molar-refractivity contribution in [3.8, 4) is 0 Å². The lowest BCUT2D eigenvalue weighted by atomic mass is 9.54. The monoisotopic (exact) mass is 255 g/mol. The number of ether oxygens (including phenoxy) is 1. The standard InChI is InChI=1S/C12H20N2O4/c1-10(2,3)18-9(17)14-6-11(7-14)4-12(13,5-11)8(15)16/h4-7,13H2,1-3H3,(H,15,16)/p-1. The fourth-order valence-corrected chi connectivity index (χ4v) is 2.87. The molecule has 6 nitrogen and oxygen atoms in total. The van der Waals surface area contributed by atoms with Gasteiger partial charge in [-0.15, -0.1) is 0 Å². The fraction of sp³-hybridized carbons (Fsp3) is 0.833. The van der Waals surface area contributed by atoms with E-state index < -0.39 is 17.1 Å². The first-order valence-corrected chi connectivity index (χ1v) is 6.04. The zero-order valence-corrected chi connectivity index (χ0v) is 11.0. The fourth-order valence-electron chi connectivity index (χ4n) is 2.87. The van der Waals surface area contributed by atoms with Gasteiger partial charge in [0.2, 0.25) is 0 Å². The summed E-state index contributed by atoms with van der Waals surface area (Å²) in [7, 11) is 0. The number of amides is 1. The van der Waals surface area contributed by atoms with Crippen molar-refractivity contribution in [3.63, 3.8) is 0 Å². The molecule has 1 amide bonds. The summed E-state index contributed by atoms with van der Waals surface area (Å²) in [6.07, 6.45) is 0.402. The van der Waals surface area contributed by atoms with Gasteiger partial charge in [0, 0.05) is 18.5 Å². The van der Waals surface area contributed by atoms with E-state index in [1.165, 1.54) is 0 Å². The number of rotatable bonds is 1. The van der Waals surface area contributed by atoms with Gasteiger partial charge in [0.1, 0.15) is 5.60 Å².